The Morgan fingerprint density at radius 2 is 1.70 bits per heavy atom. The van der Waals surface area contributed by atoms with Crippen LogP contribution in [0.1, 0.15) is 23.0 Å². The average molecular weight is 424 g/mol. The van der Waals surface area contributed by atoms with Gasteiger partial charge in [0.2, 0.25) is 5.91 Å². The highest BCUT2D eigenvalue weighted by molar-refractivity contribution is 9.10. The maximum Gasteiger partial charge on any atom is 0.258 e. The number of anilines is 2. The summed E-state index contributed by atoms with van der Waals surface area (Å²) in [6.45, 7) is 1.80. The molecule has 0 radical (unpaired) electrons. The number of benzene rings is 2. The zero-order chi connectivity index (χ0) is 19.2. The first-order chi connectivity index (χ1) is 13.0. The van der Waals surface area contributed by atoms with Crippen LogP contribution in [-0.4, -0.2) is 16.8 Å². The van der Waals surface area contributed by atoms with Crippen molar-refractivity contribution in [2.24, 2.45) is 0 Å². The van der Waals surface area contributed by atoms with Gasteiger partial charge in [-0.15, -0.1) is 0 Å². The molecule has 6 heteroatoms. The lowest BCUT2D eigenvalue weighted by atomic mass is 10.1. The van der Waals surface area contributed by atoms with Crippen molar-refractivity contribution in [2.45, 2.75) is 13.5 Å². The standard InChI is InChI=1S/C21H18BrN3O2/c1-15(26)24-18-9-5-16(6-10-18)21(27)25(14-19-4-2-3-13-23-19)20-11-7-17(22)8-12-20/h2-13H,14H2,1H3,(H,24,26). The van der Waals surface area contributed by atoms with Gasteiger partial charge in [0.25, 0.3) is 5.91 Å². The predicted molar refractivity (Wildman–Crippen MR) is 110 cm³/mol. The molecule has 2 aromatic carbocycles. The Kier molecular flexibility index (Phi) is 5.98. The van der Waals surface area contributed by atoms with Crippen molar-refractivity contribution in [1.82, 2.24) is 4.98 Å². The summed E-state index contributed by atoms with van der Waals surface area (Å²) in [6, 6.07) is 20.0. The fourth-order valence-corrected chi connectivity index (χ4v) is 2.87. The highest BCUT2D eigenvalue weighted by Gasteiger charge is 2.19. The van der Waals surface area contributed by atoms with E-state index in [2.05, 4.69) is 26.2 Å². The van der Waals surface area contributed by atoms with E-state index in [0.717, 1.165) is 15.9 Å². The van der Waals surface area contributed by atoms with Gasteiger partial charge in [0.05, 0.1) is 12.2 Å². The van der Waals surface area contributed by atoms with Crippen molar-refractivity contribution in [2.75, 3.05) is 10.2 Å². The van der Waals surface area contributed by atoms with Crippen molar-refractivity contribution >= 4 is 39.1 Å². The number of halogens is 1. The van der Waals surface area contributed by atoms with Crippen LogP contribution in [0, 0.1) is 0 Å². The first-order valence-corrected chi connectivity index (χ1v) is 9.17. The molecule has 0 saturated heterocycles. The molecule has 0 saturated carbocycles. The Labute approximate surface area is 166 Å². The van der Waals surface area contributed by atoms with Crippen molar-refractivity contribution < 1.29 is 9.59 Å². The van der Waals surface area contributed by atoms with E-state index in [4.69, 9.17) is 0 Å². The van der Waals surface area contributed by atoms with Crippen LogP contribution in [0.2, 0.25) is 0 Å². The van der Waals surface area contributed by atoms with E-state index in [1.807, 2.05) is 42.5 Å². The minimum absolute atomic E-state index is 0.141. The number of nitrogens with zero attached hydrogens (tertiary/aromatic N) is 2. The minimum Gasteiger partial charge on any atom is -0.326 e. The molecule has 1 N–H and O–H groups in total. The molecular weight excluding hydrogens is 406 g/mol. The van der Waals surface area contributed by atoms with Crippen LogP contribution in [0.4, 0.5) is 11.4 Å². The number of rotatable bonds is 5. The molecule has 2 amide bonds. The van der Waals surface area contributed by atoms with Crippen LogP contribution in [0.15, 0.2) is 77.4 Å². The molecule has 0 fully saturated rings. The Morgan fingerprint density at radius 1 is 1.00 bits per heavy atom. The molecule has 0 bridgehead atoms. The van der Waals surface area contributed by atoms with Crippen molar-refractivity contribution in [1.29, 1.82) is 0 Å². The van der Waals surface area contributed by atoms with E-state index in [1.165, 1.54) is 6.92 Å². The molecule has 0 atom stereocenters. The summed E-state index contributed by atoms with van der Waals surface area (Å²) in [6.07, 6.45) is 1.71. The largest absolute Gasteiger partial charge is 0.326 e. The molecule has 3 rings (SSSR count). The van der Waals surface area contributed by atoms with Crippen LogP contribution in [0.3, 0.4) is 0 Å². The van der Waals surface area contributed by atoms with Gasteiger partial charge in [0.15, 0.2) is 0 Å². The van der Waals surface area contributed by atoms with Gasteiger partial charge in [-0.3, -0.25) is 14.6 Å². The van der Waals surface area contributed by atoms with E-state index in [1.54, 1.807) is 35.4 Å². The molecule has 5 nitrogen and oxygen atoms in total. The van der Waals surface area contributed by atoms with Gasteiger partial charge >= 0.3 is 0 Å². The molecule has 0 unspecified atom stereocenters. The van der Waals surface area contributed by atoms with Crippen molar-refractivity contribution in [3.63, 3.8) is 0 Å². The Hall–Kier alpha value is -2.99. The zero-order valence-electron chi connectivity index (χ0n) is 14.7. The Bertz CT molecular complexity index is 926. The minimum atomic E-state index is -0.152. The summed E-state index contributed by atoms with van der Waals surface area (Å²) in [5, 5.41) is 2.70. The molecule has 1 aromatic heterocycles. The smallest absolute Gasteiger partial charge is 0.258 e. The highest BCUT2D eigenvalue weighted by atomic mass is 79.9. The third kappa shape index (κ3) is 5.01. The first-order valence-electron chi connectivity index (χ1n) is 8.38. The Morgan fingerprint density at radius 3 is 2.30 bits per heavy atom. The third-order valence-corrected chi connectivity index (χ3v) is 4.41. The SMILES string of the molecule is CC(=O)Nc1ccc(C(=O)N(Cc2ccccn2)c2ccc(Br)cc2)cc1. The van der Waals surface area contributed by atoms with Crippen LogP contribution in [0.5, 0.6) is 0 Å². The van der Waals surface area contributed by atoms with Gasteiger partial charge in [0, 0.05) is 34.5 Å². The van der Waals surface area contributed by atoms with Crippen molar-refractivity contribution in [3.05, 3.63) is 88.7 Å². The number of carbonyl (C=O) groups excluding carboxylic acids is 2. The summed E-state index contributed by atoms with van der Waals surface area (Å²) < 4.78 is 0.941. The van der Waals surface area contributed by atoms with Gasteiger partial charge in [-0.25, -0.2) is 0 Å². The topological polar surface area (TPSA) is 62.3 Å². The summed E-state index contributed by atoms with van der Waals surface area (Å²) in [5.41, 5.74) is 2.75. The highest BCUT2D eigenvalue weighted by Crippen LogP contribution is 2.23. The lowest BCUT2D eigenvalue weighted by molar-refractivity contribution is -0.114. The van der Waals surface area contributed by atoms with Crippen LogP contribution >= 0.6 is 15.9 Å². The third-order valence-electron chi connectivity index (χ3n) is 3.88. The predicted octanol–water partition coefficient (Wildman–Crippen LogP) is 4.65. The van der Waals surface area contributed by atoms with E-state index >= 15 is 0 Å². The quantitative estimate of drug-likeness (QED) is 0.649. The number of nitrogens with one attached hydrogen (secondary N) is 1. The van der Waals surface area contributed by atoms with Crippen LogP contribution < -0.4 is 10.2 Å². The van der Waals surface area contributed by atoms with Gasteiger partial charge in [-0.2, -0.15) is 0 Å². The molecule has 0 spiro atoms. The average Bonchev–Trinajstić information content (AvgIpc) is 2.67. The summed E-state index contributed by atoms with van der Waals surface area (Å²) in [4.78, 5) is 30.3. The number of aromatic nitrogens is 1. The van der Waals surface area contributed by atoms with Gasteiger partial charge in [0.1, 0.15) is 0 Å². The molecule has 27 heavy (non-hydrogen) atoms. The van der Waals surface area contributed by atoms with Crippen LogP contribution in [0.25, 0.3) is 0 Å². The Balaban J connectivity index is 1.90. The maximum absolute atomic E-state index is 13.2. The normalized spacial score (nSPS) is 10.3. The lowest BCUT2D eigenvalue weighted by Crippen LogP contribution is -2.30. The fraction of sp³-hybridized carbons (Fsp3) is 0.0952. The second kappa shape index (κ2) is 8.60. The molecule has 3 aromatic rings. The zero-order valence-corrected chi connectivity index (χ0v) is 16.3. The van der Waals surface area contributed by atoms with E-state index in [9.17, 15) is 9.59 Å². The van der Waals surface area contributed by atoms with Gasteiger partial charge < -0.3 is 10.2 Å². The first kappa shape index (κ1) is 18.8. The number of carbonyl (C=O) groups is 2. The molecular formula is C21H18BrN3O2. The van der Waals surface area contributed by atoms with E-state index < -0.39 is 0 Å². The van der Waals surface area contributed by atoms with E-state index in [-0.39, 0.29) is 11.8 Å². The number of hydrogen-bond donors (Lipinski definition) is 1. The van der Waals surface area contributed by atoms with Gasteiger partial charge in [-0.05, 0) is 60.7 Å². The molecule has 136 valence electrons. The van der Waals surface area contributed by atoms with Crippen molar-refractivity contribution in [3.8, 4) is 0 Å². The van der Waals surface area contributed by atoms with Gasteiger partial charge in [-0.1, -0.05) is 22.0 Å². The fourth-order valence-electron chi connectivity index (χ4n) is 2.61. The summed E-state index contributed by atoms with van der Waals surface area (Å²) in [5.74, 6) is -0.293. The molecule has 0 aliphatic rings. The maximum atomic E-state index is 13.2. The summed E-state index contributed by atoms with van der Waals surface area (Å²) >= 11 is 3.42. The monoisotopic (exact) mass is 423 g/mol. The second-order valence-corrected chi connectivity index (χ2v) is 6.86. The molecule has 0 aliphatic carbocycles. The number of hydrogen-bond acceptors (Lipinski definition) is 3. The lowest BCUT2D eigenvalue weighted by Gasteiger charge is -2.23. The number of pyridine rings is 1. The molecule has 0 aliphatic heterocycles. The van der Waals surface area contributed by atoms with E-state index in [0.29, 0.717) is 17.8 Å². The summed E-state index contributed by atoms with van der Waals surface area (Å²) in [7, 11) is 0. The van der Waals surface area contributed by atoms with Crippen LogP contribution in [-0.2, 0) is 11.3 Å². The molecule has 1 heterocycles. The second-order valence-electron chi connectivity index (χ2n) is 5.95. The number of amides is 2.